The molecule has 0 bridgehead atoms. The second-order valence-corrected chi connectivity index (χ2v) is 5.34. The monoisotopic (exact) mass is 257 g/mol. The Balaban J connectivity index is 2.10. The van der Waals surface area contributed by atoms with Crippen LogP contribution >= 0.6 is 27.7 Å². The van der Waals surface area contributed by atoms with Crippen LogP contribution in [0.3, 0.4) is 0 Å². The van der Waals surface area contributed by atoms with Crippen LogP contribution in [0, 0.1) is 0 Å². The Labute approximate surface area is 91.4 Å². The highest BCUT2D eigenvalue weighted by molar-refractivity contribution is 9.10. The standard InChI is InChI=1S/C10H12BrNS/c11-9-3-1-8(2-4-9)10-7-12-5-6-13-10/h1-4,10,12H,5-7H2. The molecule has 0 aliphatic carbocycles. The van der Waals surface area contributed by atoms with E-state index in [1.165, 1.54) is 11.3 Å². The number of rotatable bonds is 1. The van der Waals surface area contributed by atoms with Crippen LogP contribution in [0.15, 0.2) is 28.7 Å². The van der Waals surface area contributed by atoms with Gasteiger partial charge in [-0.15, -0.1) is 0 Å². The first-order chi connectivity index (χ1) is 6.36. The maximum atomic E-state index is 3.45. The lowest BCUT2D eigenvalue weighted by Crippen LogP contribution is -2.27. The zero-order valence-electron chi connectivity index (χ0n) is 7.29. The third kappa shape index (κ3) is 2.48. The fourth-order valence-electron chi connectivity index (χ4n) is 1.46. The molecule has 3 heteroatoms. The van der Waals surface area contributed by atoms with Gasteiger partial charge in [-0.3, -0.25) is 0 Å². The molecule has 1 aliphatic rings. The first-order valence-electron chi connectivity index (χ1n) is 4.44. The molecule has 0 saturated carbocycles. The highest BCUT2D eigenvalue weighted by Gasteiger charge is 2.14. The van der Waals surface area contributed by atoms with Crippen LogP contribution in [0.25, 0.3) is 0 Å². The van der Waals surface area contributed by atoms with Crippen LogP contribution in [0.5, 0.6) is 0 Å². The Morgan fingerprint density at radius 3 is 2.69 bits per heavy atom. The van der Waals surface area contributed by atoms with E-state index in [9.17, 15) is 0 Å². The second-order valence-electron chi connectivity index (χ2n) is 3.12. The molecule has 0 spiro atoms. The normalized spacial score (nSPS) is 23.0. The molecule has 1 atom stereocenters. The molecule has 2 rings (SSSR count). The number of nitrogens with one attached hydrogen (secondary N) is 1. The Morgan fingerprint density at radius 2 is 2.08 bits per heavy atom. The highest BCUT2D eigenvalue weighted by Crippen LogP contribution is 2.30. The topological polar surface area (TPSA) is 12.0 Å². The van der Waals surface area contributed by atoms with Crippen molar-refractivity contribution in [3.05, 3.63) is 34.3 Å². The van der Waals surface area contributed by atoms with Gasteiger partial charge in [0.1, 0.15) is 0 Å². The van der Waals surface area contributed by atoms with Crippen LogP contribution in [-0.4, -0.2) is 18.8 Å². The van der Waals surface area contributed by atoms with Crippen LogP contribution in [0.2, 0.25) is 0 Å². The molecule has 1 aromatic rings. The lowest BCUT2D eigenvalue weighted by Gasteiger charge is -2.22. The number of benzene rings is 1. The summed E-state index contributed by atoms with van der Waals surface area (Å²) < 4.78 is 1.16. The molecule has 0 radical (unpaired) electrons. The molecule has 1 fully saturated rings. The summed E-state index contributed by atoms with van der Waals surface area (Å²) in [5.74, 6) is 1.22. The highest BCUT2D eigenvalue weighted by atomic mass is 79.9. The van der Waals surface area contributed by atoms with Gasteiger partial charge in [0, 0.05) is 28.6 Å². The van der Waals surface area contributed by atoms with Crippen LogP contribution in [0.4, 0.5) is 0 Å². The van der Waals surface area contributed by atoms with E-state index < -0.39 is 0 Å². The van der Waals surface area contributed by atoms with Crippen LogP contribution in [0.1, 0.15) is 10.8 Å². The van der Waals surface area contributed by atoms with Gasteiger partial charge in [-0.1, -0.05) is 28.1 Å². The minimum atomic E-state index is 0.641. The van der Waals surface area contributed by atoms with Gasteiger partial charge in [0.25, 0.3) is 0 Å². The van der Waals surface area contributed by atoms with Crippen molar-refractivity contribution in [1.29, 1.82) is 0 Å². The van der Waals surface area contributed by atoms with Crippen molar-refractivity contribution in [2.45, 2.75) is 5.25 Å². The predicted octanol–water partition coefficient (Wildman–Crippen LogP) is 2.83. The van der Waals surface area contributed by atoms with Crippen molar-refractivity contribution >= 4 is 27.7 Å². The van der Waals surface area contributed by atoms with Crippen molar-refractivity contribution < 1.29 is 0 Å². The van der Waals surface area contributed by atoms with E-state index in [4.69, 9.17) is 0 Å². The average molecular weight is 258 g/mol. The maximum absolute atomic E-state index is 3.45. The third-order valence-electron chi connectivity index (χ3n) is 2.17. The molecule has 1 aliphatic heterocycles. The first-order valence-corrected chi connectivity index (χ1v) is 6.28. The largest absolute Gasteiger partial charge is 0.314 e. The van der Waals surface area contributed by atoms with Crippen molar-refractivity contribution in [1.82, 2.24) is 5.32 Å². The Kier molecular flexibility index (Phi) is 3.30. The van der Waals surface area contributed by atoms with E-state index in [-0.39, 0.29) is 0 Å². The van der Waals surface area contributed by atoms with Crippen molar-refractivity contribution in [2.24, 2.45) is 0 Å². The van der Waals surface area contributed by atoms with E-state index >= 15 is 0 Å². The molecule has 70 valence electrons. The van der Waals surface area contributed by atoms with Crippen LogP contribution in [-0.2, 0) is 0 Å². The maximum Gasteiger partial charge on any atom is 0.0422 e. The second kappa shape index (κ2) is 4.49. The lowest BCUT2D eigenvalue weighted by atomic mass is 10.1. The summed E-state index contributed by atoms with van der Waals surface area (Å²) in [4.78, 5) is 0. The fraction of sp³-hybridized carbons (Fsp3) is 0.400. The first kappa shape index (κ1) is 9.56. The van der Waals surface area contributed by atoms with Gasteiger partial charge in [-0.2, -0.15) is 11.8 Å². The summed E-state index contributed by atoms with van der Waals surface area (Å²) >= 11 is 5.49. The summed E-state index contributed by atoms with van der Waals surface area (Å²) in [5, 5.41) is 4.06. The van der Waals surface area contributed by atoms with Gasteiger partial charge >= 0.3 is 0 Å². The fourth-order valence-corrected chi connectivity index (χ4v) is 2.85. The Bertz CT molecular complexity index is 267. The summed E-state index contributed by atoms with van der Waals surface area (Å²) in [5.41, 5.74) is 1.43. The van der Waals surface area contributed by atoms with Gasteiger partial charge in [-0.25, -0.2) is 0 Å². The zero-order valence-corrected chi connectivity index (χ0v) is 9.70. The summed E-state index contributed by atoms with van der Waals surface area (Å²) in [7, 11) is 0. The van der Waals surface area contributed by atoms with Gasteiger partial charge in [0.2, 0.25) is 0 Å². The van der Waals surface area contributed by atoms with Gasteiger partial charge in [-0.05, 0) is 17.7 Å². The summed E-state index contributed by atoms with van der Waals surface area (Å²) in [6, 6.07) is 8.64. The van der Waals surface area contributed by atoms with E-state index in [2.05, 4.69) is 45.5 Å². The smallest absolute Gasteiger partial charge is 0.0422 e. The number of hydrogen-bond acceptors (Lipinski definition) is 2. The minimum Gasteiger partial charge on any atom is -0.314 e. The predicted molar refractivity (Wildman–Crippen MR) is 62.2 cm³/mol. The molecule has 1 saturated heterocycles. The van der Waals surface area contributed by atoms with Gasteiger partial charge < -0.3 is 5.32 Å². The molecule has 1 heterocycles. The van der Waals surface area contributed by atoms with E-state index in [1.807, 2.05) is 11.8 Å². The molecular weight excluding hydrogens is 246 g/mol. The quantitative estimate of drug-likeness (QED) is 0.831. The van der Waals surface area contributed by atoms with Gasteiger partial charge in [0.15, 0.2) is 0 Å². The lowest BCUT2D eigenvalue weighted by molar-refractivity contribution is 0.689. The SMILES string of the molecule is Brc1ccc(C2CNCCS2)cc1. The molecule has 1 unspecified atom stereocenters. The minimum absolute atomic E-state index is 0.641. The molecular formula is C10H12BrNS. The number of hydrogen-bond donors (Lipinski definition) is 1. The zero-order chi connectivity index (χ0) is 9.10. The molecule has 0 amide bonds. The van der Waals surface area contributed by atoms with Crippen molar-refractivity contribution in [3.63, 3.8) is 0 Å². The summed E-state index contributed by atoms with van der Waals surface area (Å²) in [6.45, 7) is 2.25. The third-order valence-corrected chi connectivity index (χ3v) is 3.98. The molecule has 13 heavy (non-hydrogen) atoms. The average Bonchev–Trinajstić information content (AvgIpc) is 2.20. The molecule has 1 nitrogen and oxygen atoms in total. The van der Waals surface area contributed by atoms with E-state index in [0.717, 1.165) is 17.6 Å². The molecule has 1 N–H and O–H groups in total. The van der Waals surface area contributed by atoms with Crippen molar-refractivity contribution in [2.75, 3.05) is 18.8 Å². The molecule has 1 aromatic carbocycles. The van der Waals surface area contributed by atoms with Gasteiger partial charge in [0.05, 0.1) is 0 Å². The Morgan fingerprint density at radius 1 is 1.31 bits per heavy atom. The summed E-state index contributed by atoms with van der Waals surface area (Å²) in [6.07, 6.45) is 0. The van der Waals surface area contributed by atoms with E-state index in [1.54, 1.807) is 0 Å². The number of halogens is 1. The number of thioether (sulfide) groups is 1. The van der Waals surface area contributed by atoms with Crippen LogP contribution < -0.4 is 5.32 Å². The Hall–Kier alpha value is 0.01000. The molecule has 0 aromatic heterocycles. The van der Waals surface area contributed by atoms with E-state index in [0.29, 0.717) is 5.25 Å². The van der Waals surface area contributed by atoms with Crippen molar-refractivity contribution in [3.8, 4) is 0 Å².